The molecule has 0 spiro atoms. The number of carbonyl (C=O) groups excluding carboxylic acids is 4. The first kappa shape index (κ1) is 40.9. The van der Waals surface area contributed by atoms with Gasteiger partial charge in [-0.1, -0.05) is 90.9 Å². The van der Waals surface area contributed by atoms with E-state index in [2.05, 4.69) is 23.8 Å². The zero-order valence-electron chi connectivity index (χ0n) is 29.0. The van der Waals surface area contributed by atoms with E-state index in [0.717, 1.165) is 38.5 Å². The highest BCUT2D eigenvalue weighted by molar-refractivity contribution is 5.78. The Bertz CT molecular complexity index is 1070. The minimum Gasteiger partial charge on any atom is -0.464 e. The van der Waals surface area contributed by atoms with Gasteiger partial charge in [-0.25, -0.2) is 19.2 Å². The van der Waals surface area contributed by atoms with Gasteiger partial charge in [-0.3, -0.25) is 0 Å². The molecular formula is C36H56N2O8. The van der Waals surface area contributed by atoms with E-state index in [9.17, 15) is 19.2 Å². The van der Waals surface area contributed by atoms with Crippen molar-refractivity contribution in [3.8, 4) is 0 Å². The van der Waals surface area contributed by atoms with Crippen LogP contribution in [0.3, 0.4) is 0 Å². The Morgan fingerprint density at radius 1 is 0.587 bits per heavy atom. The summed E-state index contributed by atoms with van der Waals surface area (Å²) in [6.07, 6.45) is 16.9. The van der Waals surface area contributed by atoms with Crippen LogP contribution in [0.2, 0.25) is 0 Å². The third kappa shape index (κ3) is 15.4. The van der Waals surface area contributed by atoms with Crippen molar-refractivity contribution in [2.45, 2.75) is 157 Å². The van der Waals surface area contributed by atoms with Crippen LogP contribution in [0.25, 0.3) is 0 Å². The number of aliphatic imine (C=N–C) groups is 2. The molecule has 0 radical (unpaired) electrons. The molecule has 0 saturated heterocycles. The van der Waals surface area contributed by atoms with E-state index in [1.807, 2.05) is 0 Å². The van der Waals surface area contributed by atoms with Gasteiger partial charge in [0.25, 0.3) is 0 Å². The topological polar surface area (TPSA) is 130 Å². The van der Waals surface area contributed by atoms with Crippen molar-refractivity contribution in [3.05, 3.63) is 22.3 Å². The Morgan fingerprint density at radius 2 is 0.913 bits per heavy atom. The van der Waals surface area contributed by atoms with Crippen LogP contribution in [0.5, 0.6) is 0 Å². The molecule has 1 aromatic carbocycles. The zero-order chi connectivity index (χ0) is 34.2. The van der Waals surface area contributed by atoms with Crippen LogP contribution in [-0.2, 0) is 51.3 Å². The number of hydrogen-bond donors (Lipinski definition) is 0. The fourth-order valence-electron chi connectivity index (χ4n) is 5.10. The molecule has 10 nitrogen and oxygen atoms in total. The first-order valence-electron chi connectivity index (χ1n) is 17.1. The quantitative estimate of drug-likeness (QED) is 0.0424. The van der Waals surface area contributed by atoms with Gasteiger partial charge in [-0.05, 0) is 62.8 Å². The average Bonchev–Trinajstić information content (AvgIpc) is 3.05. The third-order valence-corrected chi connectivity index (χ3v) is 8.12. The Hall–Kier alpha value is -3.16. The molecular weight excluding hydrogens is 588 g/mol. The summed E-state index contributed by atoms with van der Waals surface area (Å²) in [5.74, 6) is -0.937. The Kier molecular flexibility index (Phi) is 22.2. The zero-order valence-corrected chi connectivity index (χ0v) is 29.0. The molecule has 1 aromatic rings. The van der Waals surface area contributed by atoms with Gasteiger partial charge in [0.15, 0.2) is 12.2 Å². The maximum Gasteiger partial charge on any atom is 0.334 e. The summed E-state index contributed by atoms with van der Waals surface area (Å²) in [6.45, 7) is 11.6. The molecule has 0 saturated carbocycles. The third-order valence-electron chi connectivity index (χ3n) is 8.12. The molecule has 0 bridgehead atoms. The number of rotatable bonds is 26. The second-order valence-electron chi connectivity index (χ2n) is 11.8. The van der Waals surface area contributed by atoms with Gasteiger partial charge in [-0.15, -0.1) is 0 Å². The van der Waals surface area contributed by atoms with Crippen LogP contribution in [0.15, 0.2) is 9.98 Å². The lowest BCUT2D eigenvalue weighted by Gasteiger charge is -2.22. The van der Waals surface area contributed by atoms with E-state index < -0.39 is 24.1 Å². The number of unbranched alkanes of at least 4 members (excludes halogenated alkanes) is 12. The van der Waals surface area contributed by atoms with Crippen LogP contribution >= 0.6 is 0 Å². The van der Waals surface area contributed by atoms with Crippen molar-refractivity contribution in [2.24, 2.45) is 9.98 Å². The monoisotopic (exact) mass is 644 g/mol. The molecule has 0 aliphatic rings. The summed E-state index contributed by atoms with van der Waals surface area (Å²) in [5, 5.41) is 0. The largest absolute Gasteiger partial charge is 0.464 e. The van der Waals surface area contributed by atoms with Crippen LogP contribution in [-0.4, -0.2) is 49.5 Å². The molecule has 0 unspecified atom stereocenters. The van der Waals surface area contributed by atoms with Gasteiger partial charge >= 0.3 is 11.9 Å². The molecule has 10 heteroatoms. The Labute approximate surface area is 275 Å². The maximum absolute atomic E-state index is 12.6. The molecule has 1 rings (SSSR count). The number of nitrogens with zero attached hydrogens (tertiary/aromatic N) is 2. The number of esters is 2. The highest BCUT2D eigenvalue weighted by atomic mass is 16.6. The van der Waals surface area contributed by atoms with Crippen LogP contribution in [0.4, 0.5) is 11.4 Å². The smallest absolute Gasteiger partial charge is 0.334 e. The second-order valence-corrected chi connectivity index (χ2v) is 11.8. The van der Waals surface area contributed by atoms with Gasteiger partial charge in [0.05, 0.1) is 26.4 Å². The molecule has 0 aromatic heterocycles. The highest BCUT2D eigenvalue weighted by Crippen LogP contribution is 2.40. The fraction of sp³-hybridized carbons (Fsp3) is 0.722. The lowest BCUT2D eigenvalue weighted by Crippen LogP contribution is -2.25. The molecule has 0 heterocycles. The van der Waals surface area contributed by atoms with Gasteiger partial charge in [0, 0.05) is 0 Å². The van der Waals surface area contributed by atoms with Gasteiger partial charge in [-0.2, -0.15) is 9.98 Å². The van der Waals surface area contributed by atoms with Crippen molar-refractivity contribution in [3.63, 3.8) is 0 Å². The van der Waals surface area contributed by atoms with Crippen molar-refractivity contribution < 1.29 is 38.1 Å². The Balaban J connectivity index is 2.89. The van der Waals surface area contributed by atoms with Crippen molar-refractivity contribution in [2.75, 3.05) is 13.2 Å². The molecule has 46 heavy (non-hydrogen) atoms. The lowest BCUT2D eigenvalue weighted by atomic mass is 9.94. The fourth-order valence-corrected chi connectivity index (χ4v) is 5.10. The molecule has 0 aliphatic carbocycles. The van der Waals surface area contributed by atoms with E-state index in [-0.39, 0.29) is 24.6 Å². The second kappa shape index (κ2) is 25.0. The minimum absolute atomic E-state index is 0.0391. The molecule has 2 atom stereocenters. The van der Waals surface area contributed by atoms with Crippen LogP contribution in [0.1, 0.15) is 140 Å². The van der Waals surface area contributed by atoms with Crippen molar-refractivity contribution in [1.82, 2.24) is 0 Å². The summed E-state index contributed by atoms with van der Waals surface area (Å²) >= 11 is 0. The van der Waals surface area contributed by atoms with E-state index in [4.69, 9.17) is 18.9 Å². The number of benzene rings is 1. The summed E-state index contributed by atoms with van der Waals surface area (Å²) < 4.78 is 22.7. The summed E-state index contributed by atoms with van der Waals surface area (Å²) in [4.78, 5) is 55.3. The van der Waals surface area contributed by atoms with E-state index in [1.54, 1.807) is 27.7 Å². The standard InChI is InChI=1S/C36H56N2O8/c1-7-9-11-13-15-17-19-21-43-35(41)29(5)45-23-31-27(3)33(37-25-39)34(38-26-40)28(4)32(31)24-46-30(6)36(42)44-22-20-18-16-14-12-10-8-2/h29-30H,7-24H2,1-6H3/t29-,30-/m0/s1. The first-order valence-corrected chi connectivity index (χ1v) is 17.1. The van der Waals surface area contributed by atoms with E-state index in [0.29, 0.717) is 35.5 Å². The van der Waals surface area contributed by atoms with E-state index >= 15 is 0 Å². The highest BCUT2D eigenvalue weighted by Gasteiger charge is 2.24. The maximum atomic E-state index is 12.6. The van der Waals surface area contributed by atoms with Crippen LogP contribution < -0.4 is 0 Å². The number of hydrogen-bond acceptors (Lipinski definition) is 10. The predicted octanol–water partition coefficient (Wildman–Crippen LogP) is 8.64. The average molecular weight is 645 g/mol. The molecule has 0 fully saturated rings. The van der Waals surface area contributed by atoms with Gasteiger partial charge in [0.1, 0.15) is 11.4 Å². The van der Waals surface area contributed by atoms with Crippen LogP contribution in [0, 0.1) is 13.8 Å². The van der Waals surface area contributed by atoms with Crippen molar-refractivity contribution >= 4 is 35.5 Å². The minimum atomic E-state index is -0.857. The van der Waals surface area contributed by atoms with E-state index in [1.165, 1.54) is 63.5 Å². The number of carbonyl (C=O) groups is 2. The van der Waals surface area contributed by atoms with Gasteiger partial charge < -0.3 is 18.9 Å². The normalized spacial score (nSPS) is 12.1. The van der Waals surface area contributed by atoms with Gasteiger partial charge in [0.2, 0.25) is 12.2 Å². The predicted molar refractivity (Wildman–Crippen MR) is 178 cm³/mol. The first-order chi connectivity index (χ1) is 22.2. The Morgan fingerprint density at radius 3 is 1.24 bits per heavy atom. The lowest BCUT2D eigenvalue weighted by molar-refractivity contribution is -0.158. The summed E-state index contributed by atoms with van der Waals surface area (Å²) in [7, 11) is 0. The summed E-state index contributed by atoms with van der Waals surface area (Å²) in [5.41, 5.74) is 2.47. The molecule has 0 aliphatic heterocycles. The summed E-state index contributed by atoms with van der Waals surface area (Å²) in [6, 6.07) is 0. The number of ether oxygens (including phenoxy) is 4. The molecule has 0 N–H and O–H groups in total. The number of isocyanates is 2. The van der Waals surface area contributed by atoms with Crippen molar-refractivity contribution in [1.29, 1.82) is 0 Å². The molecule has 258 valence electrons. The molecule has 0 amide bonds. The SMILES string of the molecule is CCCCCCCCCOC(=O)[C@H](C)OCc1c(C)c(N=C=O)c(N=C=O)c(C)c1CO[C@@H](C)C(=O)OCCCCCCCCC.